The minimum absolute atomic E-state index is 0.289. The van der Waals surface area contributed by atoms with Gasteiger partial charge in [-0.1, -0.05) is 27.7 Å². The van der Waals surface area contributed by atoms with Crippen molar-refractivity contribution in [2.45, 2.75) is 34.2 Å². The highest BCUT2D eigenvalue weighted by Gasteiger charge is 2.63. The van der Waals surface area contributed by atoms with Crippen molar-refractivity contribution in [3.63, 3.8) is 0 Å². The second-order valence-corrected chi connectivity index (χ2v) is 6.54. The predicted molar refractivity (Wildman–Crippen MR) is 73.9 cm³/mol. The standard InChI is InChI=1S/C16H21FN2/c1-15(2)14(16(15,3)4)10-19-9-12-7-13(17)6-5-11(12)8-18/h5-7,14,19H,9-10H2,1-4H3. The maximum Gasteiger partial charge on any atom is 0.123 e. The molecule has 102 valence electrons. The average molecular weight is 260 g/mol. The Morgan fingerprint density at radius 1 is 1.26 bits per heavy atom. The molecule has 0 aliphatic heterocycles. The lowest BCUT2D eigenvalue weighted by Crippen LogP contribution is -2.19. The van der Waals surface area contributed by atoms with E-state index in [-0.39, 0.29) is 5.82 Å². The van der Waals surface area contributed by atoms with Gasteiger partial charge >= 0.3 is 0 Å². The Morgan fingerprint density at radius 2 is 1.89 bits per heavy atom. The smallest absolute Gasteiger partial charge is 0.123 e. The Balaban J connectivity index is 1.95. The molecule has 1 fully saturated rings. The number of hydrogen-bond donors (Lipinski definition) is 1. The van der Waals surface area contributed by atoms with Crippen LogP contribution in [0.2, 0.25) is 0 Å². The molecule has 0 atom stereocenters. The van der Waals surface area contributed by atoms with Gasteiger partial charge in [-0.3, -0.25) is 0 Å². The quantitative estimate of drug-likeness (QED) is 0.899. The minimum Gasteiger partial charge on any atom is -0.312 e. The molecule has 1 aliphatic rings. The van der Waals surface area contributed by atoms with E-state index >= 15 is 0 Å². The van der Waals surface area contributed by atoms with Gasteiger partial charge in [0, 0.05) is 6.54 Å². The summed E-state index contributed by atoms with van der Waals surface area (Å²) >= 11 is 0. The monoisotopic (exact) mass is 260 g/mol. The molecule has 0 aromatic heterocycles. The molecule has 0 amide bonds. The number of nitriles is 1. The number of nitrogens with zero attached hydrogens (tertiary/aromatic N) is 1. The summed E-state index contributed by atoms with van der Waals surface area (Å²) in [7, 11) is 0. The highest BCUT2D eigenvalue weighted by atomic mass is 19.1. The highest BCUT2D eigenvalue weighted by molar-refractivity contribution is 5.37. The summed E-state index contributed by atoms with van der Waals surface area (Å²) in [4.78, 5) is 0. The van der Waals surface area contributed by atoms with Gasteiger partial charge in [-0.05, 0) is 47.1 Å². The molecule has 2 rings (SSSR count). The van der Waals surface area contributed by atoms with E-state index in [1.165, 1.54) is 18.2 Å². The van der Waals surface area contributed by atoms with Gasteiger partial charge in [0.2, 0.25) is 0 Å². The Hall–Kier alpha value is -1.40. The fourth-order valence-corrected chi connectivity index (χ4v) is 3.01. The Labute approximate surface area is 114 Å². The first-order valence-corrected chi connectivity index (χ1v) is 6.70. The van der Waals surface area contributed by atoms with Gasteiger partial charge < -0.3 is 5.32 Å². The molecule has 1 saturated carbocycles. The van der Waals surface area contributed by atoms with E-state index in [2.05, 4.69) is 39.1 Å². The summed E-state index contributed by atoms with van der Waals surface area (Å²) in [6, 6.07) is 6.41. The summed E-state index contributed by atoms with van der Waals surface area (Å²) in [6.07, 6.45) is 0. The molecule has 1 N–H and O–H groups in total. The van der Waals surface area contributed by atoms with Gasteiger partial charge in [0.05, 0.1) is 11.6 Å². The van der Waals surface area contributed by atoms with E-state index in [9.17, 15) is 4.39 Å². The van der Waals surface area contributed by atoms with Crippen molar-refractivity contribution in [1.82, 2.24) is 5.32 Å². The number of rotatable bonds is 4. The van der Waals surface area contributed by atoms with Gasteiger partial charge in [-0.2, -0.15) is 5.26 Å². The third kappa shape index (κ3) is 2.37. The van der Waals surface area contributed by atoms with Crippen LogP contribution in [0.25, 0.3) is 0 Å². The van der Waals surface area contributed by atoms with Crippen molar-refractivity contribution in [2.75, 3.05) is 6.54 Å². The first-order chi connectivity index (χ1) is 8.80. The Kier molecular flexibility index (Phi) is 3.40. The van der Waals surface area contributed by atoms with E-state index in [1.807, 2.05) is 0 Å². The molecule has 0 saturated heterocycles. The fourth-order valence-electron chi connectivity index (χ4n) is 3.01. The van der Waals surface area contributed by atoms with Crippen LogP contribution in [0.3, 0.4) is 0 Å². The zero-order valence-electron chi connectivity index (χ0n) is 12.0. The summed E-state index contributed by atoms with van der Waals surface area (Å²) in [5, 5.41) is 12.4. The van der Waals surface area contributed by atoms with E-state index in [0.717, 1.165) is 12.1 Å². The van der Waals surface area contributed by atoms with Crippen molar-refractivity contribution in [2.24, 2.45) is 16.7 Å². The Morgan fingerprint density at radius 3 is 2.42 bits per heavy atom. The SMILES string of the molecule is CC1(C)C(CNCc2cc(F)ccc2C#N)C1(C)C. The van der Waals surface area contributed by atoms with Crippen LogP contribution >= 0.6 is 0 Å². The van der Waals surface area contributed by atoms with Crippen molar-refractivity contribution in [3.8, 4) is 6.07 Å². The molecule has 0 unspecified atom stereocenters. The Bertz CT molecular complexity index is 512. The van der Waals surface area contributed by atoms with Crippen LogP contribution in [0, 0.1) is 33.9 Å². The van der Waals surface area contributed by atoms with Crippen LogP contribution in [0.1, 0.15) is 38.8 Å². The number of hydrogen-bond acceptors (Lipinski definition) is 2. The molecule has 2 nitrogen and oxygen atoms in total. The van der Waals surface area contributed by atoms with Crippen LogP contribution in [-0.2, 0) is 6.54 Å². The molecule has 1 aromatic rings. The summed E-state index contributed by atoms with van der Waals surface area (Å²) < 4.78 is 13.2. The fraction of sp³-hybridized carbons (Fsp3) is 0.562. The van der Waals surface area contributed by atoms with Gasteiger partial charge in [0.1, 0.15) is 5.82 Å². The van der Waals surface area contributed by atoms with E-state index in [4.69, 9.17) is 5.26 Å². The molecule has 3 heteroatoms. The van der Waals surface area contributed by atoms with Gasteiger partial charge in [-0.15, -0.1) is 0 Å². The lowest BCUT2D eigenvalue weighted by Gasteiger charge is -2.08. The first kappa shape index (κ1) is 14.0. The number of halogens is 1. The lowest BCUT2D eigenvalue weighted by atomic mass is 10.0. The van der Waals surface area contributed by atoms with Crippen LogP contribution < -0.4 is 5.32 Å². The number of nitrogens with one attached hydrogen (secondary N) is 1. The molecule has 0 radical (unpaired) electrons. The molecular formula is C16H21FN2. The zero-order chi connectivity index (χ0) is 14.3. The van der Waals surface area contributed by atoms with E-state index < -0.39 is 0 Å². The van der Waals surface area contributed by atoms with Crippen LogP contribution in [-0.4, -0.2) is 6.54 Å². The highest BCUT2D eigenvalue weighted by Crippen LogP contribution is 2.67. The summed E-state index contributed by atoms with van der Waals surface area (Å²) in [5.41, 5.74) is 1.97. The van der Waals surface area contributed by atoms with Crippen molar-refractivity contribution in [1.29, 1.82) is 5.26 Å². The van der Waals surface area contributed by atoms with Gasteiger partial charge in [0.25, 0.3) is 0 Å². The second-order valence-electron chi connectivity index (χ2n) is 6.54. The second kappa shape index (κ2) is 4.61. The van der Waals surface area contributed by atoms with E-state index in [1.54, 1.807) is 0 Å². The van der Waals surface area contributed by atoms with Gasteiger partial charge in [0.15, 0.2) is 0 Å². The van der Waals surface area contributed by atoms with Crippen molar-refractivity contribution < 1.29 is 4.39 Å². The molecule has 1 aliphatic carbocycles. The molecule has 0 spiro atoms. The number of benzene rings is 1. The summed E-state index contributed by atoms with van der Waals surface area (Å²) in [6.45, 7) is 10.6. The first-order valence-electron chi connectivity index (χ1n) is 6.70. The van der Waals surface area contributed by atoms with Crippen LogP contribution in [0.15, 0.2) is 18.2 Å². The maximum absolute atomic E-state index is 13.2. The van der Waals surface area contributed by atoms with Gasteiger partial charge in [-0.25, -0.2) is 4.39 Å². The van der Waals surface area contributed by atoms with Crippen molar-refractivity contribution >= 4 is 0 Å². The predicted octanol–water partition coefficient (Wildman–Crippen LogP) is 3.47. The zero-order valence-corrected chi connectivity index (χ0v) is 12.0. The largest absolute Gasteiger partial charge is 0.312 e. The van der Waals surface area contributed by atoms with Crippen LogP contribution in [0.4, 0.5) is 4.39 Å². The summed E-state index contributed by atoms with van der Waals surface area (Å²) in [5.74, 6) is 0.335. The third-order valence-electron chi connectivity index (χ3n) is 5.17. The minimum atomic E-state index is -0.289. The lowest BCUT2D eigenvalue weighted by molar-refractivity contribution is 0.457. The molecular weight excluding hydrogens is 239 g/mol. The molecule has 0 heterocycles. The average Bonchev–Trinajstić information content (AvgIpc) is 2.71. The van der Waals surface area contributed by atoms with E-state index in [0.29, 0.717) is 28.9 Å². The van der Waals surface area contributed by atoms with Crippen molar-refractivity contribution in [3.05, 3.63) is 35.1 Å². The molecule has 19 heavy (non-hydrogen) atoms. The molecule has 0 bridgehead atoms. The normalized spacial score (nSPS) is 20.0. The topological polar surface area (TPSA) is 35.8 Å². The third-order valence-corrected chi connectivity index (χ3v) is 5.17. The van der Waals surface area contributed by atoms with Crippen LogP contribution in [0.5, 0.6) is 0 Å². The maximum atomic E-state index is 13.2. The molecule has 1 aromatic carbocycles.